The number of carbonyl (C=O) groups is 2. The van der Waals surface area contributed by atoms with Crippen LogP contribution in [0.15, 0.2) is 53.0 Å². The van der Waals surface area contributed by atoms with Gasteiger partial charge < -0.3 is 9.80 Å². The summed E-state index contributed by atoms with van der Waals surface area (Å²) in [4.78, 5) is 28.7. The molecule has 0 radical (unpaired) electrons. The minimum atomic E-state index is -0.139. The molecule has 6 heteroatoms. The highest BCUT2D eigenvalue weighted by molar-refractivity contribution is 9.10. The van der Waals surface area contributed by atoms with Gasteiger partial charge in [0.2, 0.25) is 11.8 Å². The third-order valence-corrected chi connectivity index (χ3v) is 5.10. The van der Waals surface area contributed by atoms with Gasteiger partial charge in [0.25, 0.3) is 0 Å². The molecule has 0 saturated carbocycles. The van der Waals surface area contributed by atoms with Crippen molar-refractivity contribution >= 4 is 39.1 Å². The Morgan fingerprint density at radius 1 is 1.15 bits per heavy atom. The molecule has 0 N–H and O–H groups in total. The number of amides is 2. The Morgan fingerprint density at radius 3 is 2.67 bits per heavy atom. The molecule has 2 aromatic carbocycles. The SMILES string of the molecule is N#CCCN(C(=O)CCC(=O)N1CCc2cc(Br)ccc21)c1ccccc1. The van der Waals surface area contributed by atoms with Crippen molar-refractivity contribution in [2.24, 2.45) is 0 Å². The molecule has 0 saturated heterocycles. The number of benzene rings is 2. The van der Waals surface area contributed by atoms with Crippen LogP contribution in [0, 0.1) is 11.3 Å². The highest BCUT2D eigenvalue weighted by Crippen LogP contribution is 2.31. The first-order chi connectivity index (χ1) is 13.1. The van der Waals surface area contributed by atoms with Crippen molar-refractivity contribution in [1.29, 1.82) is 5.26 Å². The molecule has 0 atom stereocenters. The second kappa shape index (κ2) is 8.83. The fourth-order valence-electron chi connectivity index (χ4n) is 3.28. The first-order valence-corrected chi connectivity index (χ1v) is 9.70. The summed E-state index contributed by atoms with van der Waals surface area (Å²) >= 11 is 3.45. The Hall–Kier alpha value is -2.65. The van der Waals surface area contributed by atoms with Gasteiger partial charge in [-0.3, -0.25) is 9.59 Å². The molecule has 1 aliphatic rings. The second-order valence-corrected chi connectivity index (χ2v) is 7.27. The fraction of sp³-hybridized carbons (Fsp3) is 0.286. The largest absolute Gasteiger partial charge is 0.312 e. The summed E-state index contributed by atoms with van der Waals surface area (Å²) in [5.74, 6) is -0.183. The maximum Gasteiger partial charge on any atom is 0.227 e. The molecule has 2 aromatic rings. The lowest BCUT2D eigenvalue weighted by molar-refractivity contribution is -0.123. The van der Waals surface area contributed by atoms with Crippen molar-refractivity contribution in [1.82, 2.24) is 0 Å². The van der Waals surface area contributed by atoms with E-state index >= 15 is 0 Å². The van der Waals surface area contributed by atoms with Crippen LogP contribution in [-0.2, 0) is 16.0 Å². The molecule has 0 aliphatic carbocycles. The molecule has 0 bridgehead atoms. The minimum absolute atomic E-state index is 0.0438. The van der Waals surface area contributed by atoms with E-state index in [0.29, 0.717) is 13.1 Å². The molecular formula is C21H20BrN3O2. The summed E-state index contributed by atoms with van der Waals surface area (Å²) in [6, 6.07) is 17.2. The van der Waals surface area contributed by atoms with Crippen molar-refractivity contribution in [3.8, 4) is 6.07 Å². The minimum Gasteiger partial charge on any atom is -0.312 e. The van der Waals surface area contributed by atoms with E-state index in [9.17, 15) is 9.59 Å². The molecule has 3 rings (SSSR count). The number of fused-ring (bicyclic) bond motifs is 1. The average molecular weight is 426 g/mol. The quantitative estimate of drug-likeness (QED) is 0.700. The van der Waals surface area contributed by atoms with Gasteiger partial charge in [-0.15, -0.1) is 0 Å². The highest BCUT2D eigenvalue weighted by atomic mass is 79.9. The zero-order valence-electron chi connectivity index (χ0n) is 14.9. The molecule has 0 fully saturated rings. The molecule has 27 heavy (non-hydrogen) atoms. The van der Waals surface area contributed by atoms with E-state index < -0.39 is 0 Å². The van der Waals surface area contributed by atoms with Crippen molar-refractivity contribution in [3.05, 3.63) is 58.6 Å². The molecule has 138 valence electrons. The zero-order chi connectivity index (χ0) is 19.2. The summed E-state index contributed by atoms with van der Waals surface area (Å²) in [6.45, 7) is 0.976. The molecule has 5 nitrogen and oxygen atoms in total. The van der Waals surface area contributed by atoms with Gasteiger partial charge in [-0.2, -0.15) is 5.26 Å². The number of hydrogen-bond donors (Lipinski definition) is 0. The number of carbonyl (C=O) groups excluding carboxylic acids is 2. The number of para-hydroxylation sites is 1. The summed E-state index contributed by atoms with van der Waals surface area (Å²) < 4.78 is 1.00. The molecule has 1 aliphatic heterocycles. The van der Waals surface area contributed by atoms with E-state index in [4.69, 9.17) is 5.26 Å². The molecule has 0 unspecified atom stereocenters. The summed E-state index contributed by atoms with van der Waals surface area (Å²) in [6.07, 6.45) is 1.36. The maximum atomic E-state index is 12.7. The molecule has 2 amide bonds. The standard InChI is InChI=1S/C21H20BrN3O2/c22-17-7-8-19-16(15-17)11-14-25(19)21(27)10-9-20(26)24(13-4-12-23)18-5-2-1-3-6-18/h1-3,5-8,15H,4,9-11,13-14H2. The Morgan fingerprint density at radius 2 is 1.93 bits per heavy atom. The molecule has 0 spiro atoms. The van der Waals surface area contributed by atoms with E-state index in [2.05, 4.69) is 22.0 Å². The lowest BCUT2D eigenvalue weighted by Crippen LogP contribution is -2.34. The predicted octanol–water partition coefficient (Wildman–Crippen LogP) is 4.07. The predicted molar refractivity (Wildman–Crippen MR) is 108 cm³/mol. The highest BCUT2D eigenvalue weighted by Gasteiger charge is 2.25. The van der Waals surface area contributed by atoms with Gasteiger partial charge in [-0.05, 0) is 42.3 Å². The normalized spacial score (nSPS) is 12.4. The third-order valence-electron chi connectivity index (χ3n) is 4.61. The van der Waals surface area contributed by atoms with Gasteiger partial charge in [-0.1, -0.05) is 34.1 Å². The Labute approximate surface area is 167 Å². The number of rotatable bonds is 6. The van der Waals surface area contributed by atoms with Crippen LogP contribution >= 0.6 is 15.9 Å². The van der Waals surface area contributed by atoms with Crippen molar-refractivity contribution in [2.45, 2.75) is 25.7 Å². The number of nitrogens with zero attached hydrogens (tertiary/aromatic N) is 3. The Bertz CT molecular complexity index is 877. The van der Waals surface area contributed by atoms with Crippen LogP contribution in [0.4, 0.5) is 11.4 Å². The molecule has 1 heterocycles. The van der Waals surface area contributed by atoms with Gasteiger partial charge in [-0.25, -0.2) is 0 Å². The summed E-state index contributed by atoms with van der Waals surface area (Å²) in [5.41, 5.74) is 2.82. The van der Waals surface area contributed by atoms with E-state index in [0.717, 1.165) is 27.8 Å². The van der Waals surface area contributed by atoms with Gasteiger partial charge >= 0.3 is 0 Å². The summed E-state index contributed by atoms with van der Waals surface area (Å²) in [5, 5.41) is 8.87. The number of hydrogen-bond acceptors (Lipinski definition) is 3. The first kappa shape index (κ1) is 19.1. The first-order valence-electron chi connectivity index (χ1n) is 8.91. The number of anilines is 2. The van der Waals surface area contributed by atoms with Gasteiger partial charge in [0.1, 0.15) is 0 Å². The van der Waals surface area contributed by atoms with Crippen LogP contribution in [0.25, 0.3) is 0 Å². The smallest absolute Gasteiger partial charge is 0.227 e. The Balaban J connectivity index is 1.64. The fourth-order valence-corrected chi connectivity index (χ4v) is 3.69. The average Bonchev–Trinajstić information content (AvgIpc) is 3.10. The third kappa shape index (κ3) is 4.55. The van der Waals surface area contributed by atoms with E-state index in [1.165, 1.54) is 0 Å². The van der Waals surface area contributed by atoms with Crippen LogP contribution in [0.2, 0.25) is 0 Å². The zero-order valence-corrected chi connectivity index (χ0v) is 16.5. The second-order valence-electron chi connectivity index (χ2n) is 6.36. The van der Waals surface area contributed by atoms with E-state index in [-0.39, 0.29) is 31.1 Å². The van der Waals surface area contributed by atoms with Crippen molar-refractivity contribution < 1.29 is 9.59 Å². The monoisotopic (exact) mass is 425 g/mol. The van der Waals surface area contributed by atoms with Crippen molar-refractivity contribution in [2.75, 3.05) is 22.9 Å². The van der Waals surface area contributed by atoms with Crippen LogP contribution < -0.4 is 9.80 Å². The molecular weight excluding hydrogens is 406 g/mol. The van der Waals surface area contributed by atoms with E-state index in [1.807, 2.05) is 48.5 Å². The van der Waals surface area contributed by atoms with Gasteiger partial charge in [0.15, 0.2) is 0 Å². The van der Waals surface area contributed by atoms with E-state index in [1.54, 1.807) is 9.80 Å². The summed E-state index contributed by atoms with van der Waals surface area (Å²) in [7, 11) is 0. The van der Waals surface area contributed by atoms with Gasteiger partial charge in [0.05, 0.1) is 12.5 Å². The van der Waals surface area contributed by atoms with Crippen LogP contribution in [-0.4, -0.2) is 24.9 Å². The number of nitriles is 1. The topological polar surface area (TPSA) is 64.4 Å². The number of halogens is 1. The lowest BCUT2D eigenvalue weighted by Gasteiger charge is -2.23. The van der Waals surface area contributed by atoms with Crippen LogP contribution in [0.3, 0.4) is 0 Å². The Kier molecular flexibility index (Phi) is 6.25. The maximum absolute atomic E-state index is 12.7. The van der Waals surface area contributed by atoms with Gasteiger partial charge in [0, 0.05) is 41.8 Å². The lowest BCUT2D eigenvalue weighted by atomic mass is 10.1. The van der Waals surface area contributed by atoms with Crippen LogP contribution in [0.5, 0.6) is 0 Å². The molecule has 0 aromatic heterocycles. The van der Waals surface area contributed by atoms with Crippen molar-refractivity contribution in [3.63, 3.8) is 0 Å². The van der Waals surface area contributed by atoms with Crippen LogP contribution in [0.1, 0.15) is 24.8 Å².